The van der Waals surface area contributed by atoms with Crippen molar-refractivity contribution >= 4 is 15.9 Å². The molecule has 0 unspecified atom stereocenters. The summed E-state index contributed by atoms with van der Waals surface area (Å²) in [4.78, 5) is 14.2. The topological polar surface area (TPSA) is 66.9 Å². The second kappa shape index (κ2) is 9.16. The lowest BCUT2D eigenvalue weighted by Crippen LogP contribution is -2.31. The number of benzene rings is 2. The number of hydrogen-bond acceptors (Lipinski definition) is 4. The van der Waals surface area contributed by atoms with Gasteiger partial charge in [-0.25, -0.2) is 12.8 Å². The van der Waals surface area contributed by atoms with Crippen molar-refractivity contribution in [3.05, 3.63) is 59.4 Å². The van der Waals surface area contributed by atoms with E-state index in [9.17, 15) is 17.6 Å². The minimum absolute atomic E-state index is 0.0749. The highest BCUT2D eigenvalue weighted by molar-refractivity contribution is 7.89. The van der Waals surface area contributed by atoms with Crippen LogP contribution < -0.4 is 4.74 Å². The first-order valence-electron chi connectivity index (χ1n) is 8.92. The van der Waals surface area contributed by atoms with Crippen molar-refractivity contribution < 1.29 is 22.3 Å². The Morgan fingerprint density at radius 3 is 2.36 bits per heavy atom. The molecule has 0 spiro atoms. The van der Waals surface area contributed by atoms with Crippen LogP contribution in [0.3, 0.4) is 0 Å². The minimum Gasteiger partial charge on any atom is -0.494 e. The summed E-state index contributed by atoms with van der Waals surface area (Å²) >= 11 is 0. The third-order valence-corrected chi connectivity index (χ3v) is 6.45. The molecule has 0 atom stereocenters. The van der Waals surface area contributed by atoms with Crippen LogP contribution >= 0.6 is 0 Å². The molecule has 2 rings (SSSR count). The Morgan fingerprint density at radius 2 is 1.79 bits per heavy atom. The predicted molar refractivity (Wildman–Crippen MR) is 105 cm³/mol. The van der Waals surface area contributed by atoms with Gasteiger partial charge in [-0.15, -0.1) is 0 Å². The summed E-state index contributed by atoms with van der Waals surface area (Å²) in [5.74, 6) is -0.729. The SMILES string of the molecule is CCN(CC)S(=O)(=O)c1cccc(C(=O)N(C)Cc2ccc(OC)c(F)c2)c1. The van der Waals surface area contributed by atoms with E-state index in [4.69, 9.17) is 4.74 Å². The molecular formula is C20H25FN2O4S. The molecule has 0 saturated carbocycles. The zero-order valence-electron chi connectivity index (χ0n) is 16.5. The molecule has 2 aromatic rings. The highest BCUT2D eigenvalue weighted by Crippen LogP contribution is 2.20. The van der Waals surface area contributed by atoms with Crippen LogP contribution in [-0.4, -0.2) is 50.8 Å². The van der Waals surface area contributed by atoms with Gasteiger partial charge in [0.2, 0.25) is 10.0 Å². The maximum Gasteiger partial charge on any atom is 0.253 e. The van der Waals surface area contributed by atoms with E-state index in [0.717, 1.165) is 0 Å². The average Bonchev–Trinajstić information content (AvgIpc) is 2.68. The Bertz CT molecular complexity index is 943. The van der Waals surface area contributed by atoms with Crippen LogP contribution in [0, 0.1) is 5.82 Å². The van der Waals surface area contributed by atoms with Crippen LogP contribution in [0.2, 0.25) is 0 Å². The summed E-state index contributed by atoms with van der Waals surface area (Å²) in [7, 11) is -0.695. The number of carbonyl (C=O) groups is 1. The van der Waals surface area contributed by atoms with E-state index in [1.54, 1.807) is 39.1 Å². The third-order valence-electron chi connectivity index (χ3n) is 4.41. The smallest absolute Gasteiger partial charge is 0.253 e. The molecule has 8 heteroatoms. The Kier molecular flexibility index (Phi) is 7.15. The minimum atomic E-state index is -3.66. The van der Waals surface area contributed by atoms with E-state index < -0.39 is 15.8 Å². The van der Waals surface area contributed by atoms with Gasteiger partial charge in [0, 0.05) is 32.2 Å². The molecule has 0 bridgehead atoms. The second-order valence-electron chi connectivity index (χ2n) is 6.25. The zero-order valence-corrected chi connectivity index (χ0v) is 17.3. The highest BCUT2D eigenvalue weighted by Gasteiger charge is 2.23. The fourth-order valence-electron chi connectivity index (χ4n) is 2.88. The molecule has 0 aliphatic carbocycles. The molecule has 6 nitrogen and oxygen atoms in total. The normalized spacial score (nSPS) is 11.5. The van der Waals surface area contributed by atoms with Gasteiger partial charge in [0.05, 0.1) is 12.0 Å². The van der Waals surface area contributed by atoms with Crippen LogP contribution in [0.4, 0.5) is 4.39 Å². The number of halogens is 1. The van der Waals surface area contributed by atoms with Gasteiger partial charge in [-0.05, 0) is 35.9 Å². The van der Waals surface area contributed by atoms with E-state index in [2.05, 4.69) is 0 Å². The number of methoxy groups -OCH3 is 1. The first-order valence-corrected chi connectivity index (χ1v) is 10.4. The van der Waals surface area contributed by atoms with Gasteiger partial charge in [-0.1, -0.05) is 26.0 Å². The van der Waals surface area contributed by atoms with Crippen molar-refractivity contribution in [2.45, 2.75) is 25.3 Å². The van der Waals surface area contributed by atoms with Crippen LogP contribution in [0.5, 0.6) is 5.75 Å². The number of ether oxygens (including phenoxy) is 1. The number of nitrogens with zero attached hydrogens (tertiary/aromatic N) is 2. The molecular weight excluding hydrogens is 383 g/mol. The number of hydrogen-bond donors (Lipinski definition) is 0. The summed E-state index contributed by atoms with van der Waals surface area (Å²) < 4.78 is 45.4. The Hall–Kier alpha value is -2.45. The summed E-state index contributed by atoms with van der Waals surface area (Å²) in [6.45, 7) is 4.39. The fraction of sp³-hybridized carbons (Fsp3) is 0.350. The fourth-order valence-corrected chi connectivity index (χ4v) is 4.38. The summed E-state index contributed by atoms with van der Waals surface area (Å²) in [5, 5.41) is 0. The van der Waals surface area contributed by atoms with Crippen molar-refractivity contribution in [1.29, 1.82) is 0 Å². The van der Waals surface area contributed by atoms with Crippen molar-refractivity contribution in [2.24, 2.45) is 0 Å². The largest absolute Gasteiger partial charge is 0.494 e. The Morgan fingerprint density at radius 1 is 1.11 bits per heavy atom. The third kappa shape index (κ3) is 4.69. The molecule has 0 heterocycles. The van der Waals surface area contributed by atoms with E-state index in [-0.39, 0.29) is 28.7 Å². The Balaban J connectivity index is 2.23. The van der Waals surface area contributed by atoms with Crippen LogP contribution in [0.15, 0.2) is 47.4 Å². The van der Waals surface area contributed by atoms with Crippen LogP contribution in [0.1, 0.15) is 29.8 Å². The van der Waals surface area contributed by atoms with Crippen molar-refractivity contribution in [3.8, 4) is 5.75 Å². The van der Waals surface area contributed by atoms with Crippen LogP contribution in [0.25, 0.3) is 0 Å². The van der Waals surface area contributed by atoms with E-state index in [1.165, 1.54) is 40.6 Å². The standard InChI is InChI=1S/C20H25FN2O4S/c1-5-23(6-2)28(25,26)17-9-7-8-16(13-17)20(24)22(3)14-15-10-11-19(27-4)18(21)12-15/h7-13H,5-6,14H2,1-4H3. The molecule has 0 aliphatic heterocycles. The zero-order chi connectivity index (χ0) is 20.9. The molecule has 0 radical (unpaired) electrons. The van der Waals surface area contributed by atoms with Crippen molar-refractivity contribution in [2.75, 3.05) is 27.2 Å². The van der Waals surface area contributed by atoms with Crippen molar-refractivity contribution in [3.63, 3.8) is 0 Å². The monoisotopic (exact) mass is 408 g/mol. The molecule has 0 fully saturated rings. The Labute approximate surface area is 165 Å². The second-order valence-corrected chi connectivity index (χ2v) is 8.19. The average molecular weight is 408 g/mol. The summed E-state index contributed by atoms with van der Waals surface area (Å²) in [6.07, 6.45) is 0. The van der Waals surface area contributed by atoms with Gasteiger partial charge in [0.15, 0.2) is 11.6 Å². The predicted octanol–water partition coefficient (Wildman–Crippen LogP) is 3.14. The van der Waals surface area contributed by atoms with Gasteiger partial charge in [0.25, 0.3) is 5.91 Å². The van der Waals surface area contributed by atoms with E-state index >= 15 is 0 Å². The number of rotatable bonds is 8. The van der Waals surface area contributed by atoms with Gasteiger partial charge in [-0.2, -0.15) is 4.31 Å². The van der Waals surface area contributed by atoms with E-state index in [0.29, 0.717) is 18.7 Å². The first kappa shape index (κ1) is 21.8. The first-order chi connectivity index (χ1) is 13.2. The molecule has 0 aromatic heterocycles. The van der Waals surface area contributed by atoms with Crippen molar-refractivity contribution in [1.82, 2.24) is 9.21 Å². The number of amides is 1. The molecule has 0 saturated heterocycles. The lowest BCUT2D eigenvalue weighted by atomic mass is 10.1. The van der Waals surface area contributed by atoms with Gasteiger partial charge in [0.1, 0.15) is 0 Å². The van der Waals surface area contributed by atoms with Crippen LogP contribution in [-0.2, 0) is 16.6 Å². The van der Waals surface area contributed by atoms with Gasteiger partial charge < -0.3 is 9.64 Å². The summed E-state index contributed by atoms with van der Waals surface area (Å²) in [6, 6.07) is 10.4. The van der Waals surface area contributed by atoms with Gasteiger partial charge >= 0.3 is 0 Å². The molecule has 0 aliphatic rings. The summed E-state index contributed by atoms with van der Waals surface area (Å²) in [5.41, 5.74) is 0.853. The molecule has 2 aromatic carbocycles. The lowest BCUT2D eigenvalue weighted by Gasteiger charge is -2.20. The maximum atomic E-state index is 13.9. The van der Waals surface area contributed by atoms with Gasteiger partial charge in [-0.3, -0.25) is 4.79 Å². The highest BCUT2D eigenvalue weighted by atomic mass is 32.2. The number of sulfonamides is 1. The van der Waals surface area contributed by atoms with E-state index in [1.807, 2.05) is 0 Å². The maximum absolute atomic E-state index is 13.9. The lowest BCUT2D eigenvalue weighted by molar-refractivity contribution is 0.0784. The molecule has 28 heavy (non-hydrogen) atoms. The molecule has 152 valence electrons. The quantitative estimate of drug-likeness (QED) is 0.673. The molecule has 0 N–H and O–H groups in total. The number of carbonyl (C=O) groups excluding carboxylic acids is 1. The molecule has 1 amide bonds.